The van der Waals surface area contributed by atoms with E-state index in [1.54, 1.807) is 7.05 Å². The van der Waals surface area contributed by atoms with Crippen LogP contribution in [0.15, 0.2) is 29.3 Å². The van der Waals surface area contributed by atoms with Crippen LogP contribution in [0.25, 0.3) is 0 Å². The molecule has 1 aromatic carbocycles. The number of hydrogen-bond donors (Lipinski definition) is 2. The average molecular weight is 372 g/mol. The molecule has 0 aliphatic rings. The van der Waals surface area contributed by atoms with Crippen molar-refractivity contribution in [1.82, 2.24) is 10.6 Å². The molecule has 0 radical (unpaired) electrons. The molecule has 0 aliphatic carbocycles. The molecular weight excluding hydrogens is 351 g/mol. The summed E-state index contributed by atoms with van der Waals surface area (Å²) in [6, 6.07) is 9.62. The quantitative estimate of drug-likeness (QED) is 0.477. The summed E-state index contributed by atoms with van der Waals surface area (Å²) in [7, 11) is 1.75. The van der Waals surface area contributed by atoms with Gasteiger partial charge >= 0.3 is 0 Å². The first kappa shape index (κ1) is 17.7. The Bertz CT molecular complexity index is 452. The summed E-state index contributed by atoms with van der Waals surface area (Å²) in [5.41, 5.74) is 1.77. The maximum atomic E-state index is 8.72. The highest BCUT2D eigenvalue weighted by molar-refractivity contribution is 14.0. The SMILES string of the molecule is CN=C(NCc1ccc(C#N)cc1)NC(C)(C)C.I. The second-order valence-corrected chi connectivity index (χ2v) is 5.11. The van der Waals surface area contributed by atoms with Crippen LogP contribution in [-0.4, -0.2) is 18.5 Å². The molecule has 5 heteroatoms. The Kier molecular flexibility index (Phi) is 7.45. The van der Waals surface area contributed by atoms with Crippen molar-refractivity contribution < 1.29 is 0 Å². The summed E-state index contributed by atoms with van der Waals surface area (Å²) in [5.74, 6) is 0.770. The lowest BCUT2D eigenvalue weighted by Crippen LogP contribution is -2.47. The third-order valence-corrected chi connectivity index (χ3v) is 2.26. The molecule has 0 aromatic heterocycles. The number of rotatable bonds is 2. The predicted octanol–water partition coefficient (Wildman–Crippen LogP) is 2.64. The molecule has 1 rings (SSSR count). The highest BCUT2D eigenvalue weighted by Crippen LogP contribution is 2.03. The number of nitrogens with zero attached hydrogens (tertiary/aromatic N) is 2. The number of guanidine groups is 1. The Morgan fingerprint density at radius 2 is 1.84 bits per heavy atom. The van der Waals surface area contributed by atoms with Gasteiger partial charge in [-0.05, 0) is 38.5 Å². The van der Waals surface area contributed by atoms with Crippen molar-refractivity contribution in [2.45, 2.75) is 32.9 Å². The van der Waals surface area contributed by atoms with Crippen LogP contribution < -0.4 is 10.6 Å². The van der Waals surface area contributed by atoms with Gasteiger partial charge in [-0.2, -0.15) is 5.26 Å². The molecule has 0 saturated heterocycles. The monoisotopic (exact) mass is 372 g/mol. The van der Waals surface area contributed by atoms with Crippen molar-refractivity contribution in [2.75, 3.05) is 7.05 Å². The van der Waals surface area contributed by atoms with Gasteiger partial charge in [-0.3, -0.25) is 4.99 Å². The Hall–Kier alpha value is -1.29. The summed E-state index contributed by atoms with van der Waals surface area (Å²) in [6.07, 6.45) is 0. The molecule has 0 bridgehead atoms. The van der Waals surface area contributed by atoms with Crippen LogP contribution >= 0.6 is 24.0 Å². The molecule has 19 heavy (non-hydrogen) atoms. The third-order valence-electron chi connectivity index (χ3n) is 2.26. The molecule has 0 heterocycles. The van der Waals surface area contributed by atoms with E-state index in [2.05, 4.69) is 42.5 Å². The molecule has 0 amide bonds. The van der Waals surface area contributed by atoms with Gasteiger partial charge < -0.3 is 10.6 Å². The molecule has 1 aromatic rings. The minimum atomic E-state index is -0.0213. The van der Waals surface area contributed by atoms with Gasteiger partial charge in [0.25, 0.3) is 0 Å². The Morgan fingerprint density at radius 3 is 2.26 bits per heavy atom. The smallest absolute Gasteiger partial charge is 0.191 e. The van der Waals surface area contributed by atoms with Crippen LogP contribution in [0.4, 0.5) is 0 Å². The maximum Gasteiger partial charge on any atom is 0.191 e. The van der Waals surface area contributed by atoms with E-state index in [1.165, 1.54) is 0 Å². The third kappa shape index (κ3) is 7.01. The van der Waals surface area contributed by atoms with Crippen molar-refractivity contribution in [1.29, 1.82) is 5.26 Å². The van der Waals surface area contributed by atoms with Crippen molar-refractivity contribution in [3.63, 3.8) is 0 Å². The van der Waals surface area contributed by atoms with Crippen LogP contribution in [-0.2, 0) is 6.54 Å². The van der Waals surface area contributed by atoms with Gasteiger partial charge in [0, 0.05) is 19.1 Å². The van der Waals surface area contributed by atoms with Gasteiger partial charge in [0.1, 0.15) is 0 Å². The number of hydrogen-bond acceptors (Lipinski definition) is 2. The Morgan fingerprint density at radius 1 is 1.26 bits per heavy atom. The lowest BCUT2D eigenvalue weighted by molar-refractivity contribution is 0.501. The van der Waals surface area contributed by atoms with E-state index in [4.69, 9.17) is 5.26 Å². The normalized spacial score (nSPS) is 11.2. The average Bonchev–Trinajstić information content (AvgIpc) is 2.33. The van der Waals surface area contributed by atoms with Crippen molar-refractivity contribution in [3.8, 4) is 6.07 Å². The standard InChI is InChI=1S/C14H20N4.HI/c1-14(2,3)18-13(16-4)17-10-12-7-5-11(9-15)6-8-12;/h5-8H,10H2,1-4H3,(H2,16,17,18);1H. The molecular formula is C14H21IN4. The zero-order valence-electron chi connectivity index (χ0n) is 11.8. The van der Waals surface area contributed by atoms with Gasteiger partial charge in [0.15, 0.2) is 5.96 Å². The summed E-state index contributed by atoms with van der Waals surface area (Å²) in [4.78, 5) is 4.16. The molecule has 2 N–H and O–H groups in total. The van der Waals surface area contributed by atoms with Crippen LogP contribution in [0.1, 0.15) is 31.9 Å². The number of nitrogens with one attached hydrogen (secondary N) is 2. The zero-order chi connectivity index (χ0) is 13.6. The molecule has 4 nitrogen and oxygen atoms in total. The molecule has 0 atom stereocenters. The summed E-state index contributed by atoms with van der Waals surface area (Å²) < 4.78 is 0. The van der Waals surface area contributed by atoms with E-state index in [0.29, 0.717) is 12.1 Å². The van der Waals surface area contributed by atoms with Crippen molar-refractivity contribution in [3.05, 3.63) is 35.4 Å². The van der Waals surface area contributed by atoms with E-state index in [0.717, 1.165) is 11.5 Å². The van der Waals surface area contributed by atoms with Gasteiger partial charge in [-0.25, -0.2) is 0 Å². The fourth-order valence-electron chi connectivity index (χ4n) is 1.42. The van der Waals surface area contributed by atoms with E-state index in [1.807, 2.05) is 24.3 Å². The maximum absolute atomic E-state index is 8.72. The molecule has 0 fully saturated rings. The van der Waals surface area contributed by atoms with Crippen LogP contribution in [0.5, 0.6) is 0 Å². The largest absolute Gasteiger partial charge is 0.352 e. The number of nitriles is 1. The highest BCUT2D eigenvalue weighted by atomic mass is 127. The predicted molar refractivity (Wildman–Crippen MR) is 89.7 cm³/mol. The summed E-state index contributed by atoms with van der Waals surface area (Å²) >= 11 is 0. The zero-order valence-corrected chi connectivity index (χ0v) is 14.1. The minimum Gasteiger partial charge on any atom is -0.352 e. The highest BCUT2D eigenvalue weighted by Gasteiger charge is 2.11. The van der Waals surface area contributed by atoms with E-state index in [9.17, 15) is 0 Å². The number of aliphatic imine (C=N–C) groups is 1. The fourth-order valence-corrected chi connectivity index (χ4v) is 1.42. The van der Waals surface area contributed by atoms with E-state index in [-0.39, 0.29) is 29.5 Å². The molecule has 0 saturated carbocycles. The summed E-state index contributed by atoms with van der Waals surface area (Å²) in [6.45, 7) is 6.94. The summed E-state index contributed by atoms with van der Waals surface area (Å²) in [5, 5.41) is 15.2. The van der Waals surface area contributed by atoms with Gasteiger partial charge in [0.2, 0.25) is 0 Å². The van der Waals surface area contributed by atoms with Gasteiger partial charge in [-0.15, -0.1) is 24.0 Å². The lowest BCUT2D eigenvalue weighted by Gasteiger charge is -2.23. The van der Waals surface area contributed by atoms with E-state index < -0.39 is 0 Å². The molecule has 0 unspecified atom stereocenters. The number of halogens is 1. The first-order valence-corrected chi connectivity index (χ1v) is 5.92. The first-order chi connectivity index (χ1) is 8.44. The molecule has 104 valence electrons. The minimum absolute atomic E-state index is 0. The number of benzene rings is 1. The van der Waals surface area contributed by atoms with Crippen molar-refractivity contribution >= 4 is 29.9 Å². The molecule has 0 aliphatic heterocycles. The lowest BCUT2D eigenvalue weighted by atomic mass is 10.1. The van der Waals surface area contributed by atoms with Crippen LogP contribution in [0.3, 0.4) is 0 Å². The second kappa shape index (κ2) is 8.00. The topological polar surface area (TPSA) is 60.2 Å². The second-order valence-electron chi connectivity index (χ2n) is 5.11. The van der Waals surface area contributed by atoms with Gasteiger partial charge in [0.05, 0.1) is 11.6 Å². The Labute approximate surface area is 132 Å². The van der Waals surface area contributed by atoms with Gasteiger partial charge in [-0.1, -0.05) is 12.1 Å². The molecule has 0 spiro atoms. The first-order valence-electron chi connectivity index (χ1n) is 5.92. The van der Waals surface area contributed by atoms with E-state index >= 15 is 0 Å². The van der Waals surface area contributed by atoms with Crippen LogP contribution in [0, 0.1) is 11.3 Å². The Balaban J connectivity index is 0.00000324. The van der Waals surface area contributed by atoms with Crippen LogP contribution in [0.2, 0.25) is 0 Å². The van der Waals surface area contributed by atoms with Crippen molar-refractivity contribution in [2.24, 2.45) is 4.99 Å². The fraction of sp³-hybridized carbons (Fsp3) is 0.429.